The molecule has 0 atom stereocenters. The molecular formula is C19H37IN4O3. The highest BCUT2D eigenvalue weighted by Crippen LogP contribution is 2.32. The number of guanidine groups is 1. The van der Waals surface area contributed by atoms with Gasteiger partial charge in [-0.25, -0.2) is 4.79 Å². The van der Waals surface area contributed by atoms with Gasteiger partial charge < -0.3 is 24.6 Å². The average Bonchev–Trinajstić information content (AvgIpc) is 3.40. The molecule has 7 nitrogen and oxygen atoms in total. The molecule has 1 aliphatic heterocycles. The van der Waals surface area contributed by atoms with Crippen molar-refractivity contribution in [2.45, 2.75) is 58.1 Å². The number of hydrogen-bond donors (Lipinski definition) is 1. The van der Waals surface area contributed by atoms with Crippen LogP contribution in [0.25, 0.3) is 0 Å². The Morgan fingerprint density at radius 2 is 1.85 bits per heavy atom. The van der Waals surface area contributed by atoms with E-state index >= 15 is 0 Å². The topological polar surface area (TPSA) is 66.4 Å². The molecule has 0 bridgehead atoms. The molecule has 1 heterocycles. The van der Waals surface area contributed by atoms with Crippen LogP contribution in [0.3, 0.4) is 0 Å². The molecule has 0 spiro atoms. The lowest BCUT2D eigenvalue weighted by Crippen LogP contribution is -2.52. The van der Waals surface area contributed by atoms with E-state index in [4.69, 9.17) is 9.47 Å². The van der Waals surface area contributed by atoms with Gasteiger partial charge in [-0.15, -0.1) is 24.0 Å². The Hall–Kier alpha value is -0.770. The fourth-order valence-electron chi connectivity index (χ4n) is 3.26. The van der Waals surface area contributed by atoms with Crippen molar-refractivity contribution in [3.8, 4) is 0 Å². The fraction of sp³-hybridized carbons (Fsp3) is 0.895. The van der Waals surface area contributed by atoms with E-state index in [9.17, 15) is 4.79 Å². The third-order valence-electron chi connectivity index (χ3n) is 4.79. The summed E-state index contributed by atoms with van der Waals surface area (Å²) in [5.41, 5.74) is -0.451. The van der Waals surface area contributed by atoms with Gasteiger partial charge in [-0.2, -0.15) is 0 Å². The third kappa shape index (κ3) is 8.41. The first kappa shape index (κ1) is 24.3. The van der Waals surface area contributed by atoms with Crippen LogP contribution in [0.5, 0.6) is 0 Å². The molecule has 0 aromatic rings. The van der Waals surface area contributed by atoms with Gasteiger partial charge in [0.1, 0.15) is 5.60 Å². The minimum absolute atomic E-state index is 0. The van der Waals surface area contributed by atoms with Crippen LogP contribution < -0.4 is 5.32 Å². The summed E-state index contributed by atoms with van der Waals surface area (Å²) in [7, 11) is 3.50. The summed E-state index contributed by atoms with van der Waals surface area (Å²) >= 11 is 0. The fourth-order valence-corrected chi connectivity index (χ4v) is 3.26. The average molecular weight is 496 g/mol. The number of nitrogens with zero attached hydrogens (tertiary/aromatic N) is 3. The quantitative estimate of drug-likeness (QED) is 0.265. The molecule has 27 heavy (non-hydrogen) atoms. The van der Waals surface area contributed by atoms with Crippen LogP contribution in [0, 0.1) is 5.92 Å². The number of halogens is 1. The Labute approximate surface area is 181 Å². The molecule has 0 unspecified atom stereocenters. The van der Waals surface area contributed by atoms with Gasteiger partial charge in [0.05, 0.1) is 6.61 Å². The molecule has 158 valence electrons. The standard InChI is InChI=1S/C19H36N4O3.HI/c1-19(2,3)26-18(24)23(14-15-6-7-15)16-8-11-22(12-9-16)17(20-4)21-10-13-25-5;/h15-16H,6-14H2,1-5H3,(H,20,21);1H. The molecule has 2 rings (SSSR count). The predicted octanol–water partition coefficient (Wildman–Crippen LogP) is 2.94. The lowest BCUT2D eigenvalue weighted by molar-refractivity contribution is 0.00927. The van der Waals surface area contributed by atoms with E-state index in [1.54, 1.807) is 14.2 Å². The molecule has 1 saturated carbocycles. The zero-order valence-corrected chi connectivity index (χ0v) is 19.8. The molecular weight excluding hydrogens is 459 g/mol. The van der Waals surface area contributed by atoms with Gasteiger partial charge in [-0.05, 0) is 52.4 Å². The molecule has 1 saturated heterocycles. The number of ether oxygens (including phenoxy) is 2. The number of rotatable bonds is 6. The van der Waals surface area contributed by atoms with Crippen molar-refractivity contribution in [2.24, 2.45) is 10.9 Å². The summed E-state index contributed by atoms with van der Waals surface area (Å²) in [6, 6.07) is 0.249. The first-order chi connectivity index (χ1) is 12.3. The number of piperidine rings is 1. The van der Waals surface area contributed by atoms with E-state index in [1.807, 2.05) is 25.7 Å². The normalized spacial score (nSPS) is 18.7. The molecule has 8 heteroatoms. The monoisotopic (exact) mass is 496 g/mol. The second kappa shape index (κ2) is 11.3. The van der Waals surface area contributed by atoms with Gasteiger partial charge in [0.15, 0.2) is 5.96 Å². The van der Waals surface area contributed by atoms with Crippen molar-refractivity contribution in [1.82, 2.24) is 15.1 Å². The smallest absolute Gasteiger partial charge is 0.410 e. The first-order valence-corrected chi connectivity index (χ1v) is 9.78. The molecule has 2 fully saturated rings. The van der Waals surface area contributed by atoms with E-state index in [0.29, 0.717) is 12.5 Å². The van der Waals surface area contributed by atoms with Crippen molar-refractivity contribution in [3.63, 3.8) is 0 Å². The van der Waals surface area contributed by atoms with E-state index in [-0.39, 0.29) is 36.1 Å². The minimum atomic E-state index is -0.451. The van der Waals surface area contributed by atoms with Crippen molar-refractivity contribution in [3.05, 3.63) is 0 Å². The minimum Gasteiger partial charge on any atom is -0.444 e. The Morgan fingerprint density at radius 1 is 1.22 bits per heavy atom. The number of carbonyl (C=O) groups is 1. The summed E-state index contributed by atoms with van der Waals surface area (Å²) < 4.78 is 10.8. The largest absolute Gasteiger partial charge is 0.444 e. The number of nitrogens with one attached hydrogen (secondary N) is 1. The van der Waals surface area contributed by atoms with Crippen molar-refractivity contribution >= 4 is 36.0 Å². The number of carbonyl (C=O) groups excluding carboxylic acids is 1. The lowest BCUT2D eigenvalue weighted by Gasteiger charge is -2.40. The summed E-state index contributed by atoms with van der Waals surface area (Å²) in [5.74, 6) is 1.57. The SMILES string of the molecule is CN=C(NCCOC)N1CCC(N(CC2CC2)C(=O)OC(C)(C)C)CC1.I. The highest BCUT2D eigenvalue weighted by atomic mass is 127. The van der Waals surface area contributed by atoms with E-state index in [1.165, 1.54) is 12.8 Å². The number of amides is 1. The first-order valence-electron chi connectivity index (χ1n) is 9.78. The molecule has 0 aromatic heterocycles. The number of hydrogen-bond acceptors (Lipinski definition) is 4. The van der Waals surface area contributed by atoms with Crippen LogP contribution in [-0.4, -0.2) is 80.4 Å². The second-order valence-corrected chi connectivity index (χ2v) is 8.26. The van der Waals surface area contributed by atoms with Crippen LogP contribution in [0.1, 0.15) is 46.5 Å². The highest BCUT2D eigenvalue weighted by Gasteiger charge is 2.35. The molecule has 0 radical (unpaired) electrons. The van der Waals surface area contributed by atoms with Gasteiger partial charge in [-0.3, -0.25) is 4.99 Å². The molecule has 2 aliphatic rings. The summed E-state index contributed by atoms with van der Waals surface area (Å²) in [5, 5.41) is 3.33. The van der Waals surface area contributed by atoms with Crippen LogP contribution >= 0.6 is 24.0 Å². The van der Waals surface area contributed by atoms with Crippen LogP contribution in [-0.2, 0) is 9.47 Å². The summed E-state index contributed by atoms with van der Waals surface area (Å²) in [4.78, 5) is 21.3. The van der Waals surface area contributed by atoms with Crippen LogP contribution in [0.2, 0.25) is 0 Å². The Morgan fingerprint density at radius 3 is 2.33 bits per heavy atom. The molecule has 1 N–H and O–H groups in total. The summed E-state index contributed by atoms with van der Waals surface area (Å²) in [6.45, 7) is 9.80. The Bertz CT molecular complexity index is 484. The summed E-state index contributed by atoms with van der Waals surface area (Å²) in [6.07, 6.45) is 4.18. The van der Waals surface area contributed by atoms with Crippen molar-refractivity contribution in [2.75, 3.05) is 46.9 Å². The maximum absolute atomic E-state index is 12.7. The van der Waals surface area contributed by atoms with Crippen LogP contribution in [0.4, 0.5) is 4.79 Å². The third-order valence-corrected chi connectivity index (χ3v) is 4.79. The zero-order chi connectivity index (χ0) is 19.2. The second-order valence-electron chi connectivity index (χ2n) is 8.26. The van der Waals surface area contributed by atoms with E-state index in [0.717, 1.165) is 45.0 Å². The van der Waals surface area contributed by atoms with Crippen molar-refractivity contribution < 1.29 is 14.3 Å². The highest BCUT2D eigenvalue weighted by molar-refractivity contribution is 14.0. The van der Waals surface area contributed by atoms with E-state index in [2.05, 4.69) is 15.2 Å². The number of likely N-dealkylation sites (tertiary alicyclic amines) is 1. The van der Waals surface area contributed by atoms with Gasteiger partial charge in [0.25, 0.3) is 0 Å². The van der Waals surface area contributed by atoms with E-state index < -0.39 is 5.60 Å². The lowest BCUT2D eigenvalue weighted by atomic mass is 10.0. The maximum atomic E-state index is 12.7. The van der Waals surface area contributed by atoms with Gasteiger partial charge >= 0.3 is 6.09 Å². The van der Waals surface area contributed by atoms with Crippen LogP contribution in [0.15, 0.2) is 4.99 Å². The van der Waals surface area contributed by atoms with Crippen molar-refractivity contribution in [1.29, 1.82) is 0 Å². The number of aliphatic imine (C=N–C) groups is 1. The predicted molar refractivity (Wildman–Crippen MR) is 119 cm³/mol. The van der Waals surface area contributed by atoms with Gasteiger partial charge in [-0.1, -0.05) is 0 Å². The number of methoxy groups -OCH3 is 1. The zero-order valence-electron chi connectivity index (χ0n) is 17.5. The molecule has 1 aliphatic carbocycles. The Kier molecular flexibility index (Phi) is 10.1. The molecule has 1 amide bonds. The van der Waals surface area contributed by atoms with Gasteiger partial charge in [0.2, 0.25) is 0 Å². The maximum Gasteiger partial charge on any atom is 0.410 e. The van der Waals surface area contributed by atoms with Gasteiger partial charge in [0, 0.05) is 46.4 Å². The molecule has 0 aromatic carbocycles. The Balaban J connectivity index is 0.00000364.